The van der Waals surface area contributed by atoms with E-state index in [-0.39, 0.29) is 10.6 Å². The van der Waals surface area contributed by atoms with Gasteiger partial charge in [0.25, 0.3) is 11.2 Å². The van der Waals surface area contributed by atoms with E-state index in [4.69, 9.17) is 6.57 Å². The maximum absolute atomic E-state index is 11.7. The molecule has 0 aliphatic heterocycles. The van der Waals surface area contributed by atoms with Gasteiger partial charge in [0.05, 0.1) is 10.5 Å². The lowest BCUT2D eigenvalue weighted by Crippen LogP contribution is -2.41. The number of rotatable bonds is 7. The minimum Gasteiger partial charge on any atom is -0.389 e. The van der Waals surface area contributed by atoms with E-state index in [1.54, 1.807) is 26.0 Å². The maximum atomic E-state index is 11.7. The van der Waals surface area contributed by atoms with Gasteiger partial charge in [-0.05, 0) is 38.3 Å². The summed E-state index contributed by atoms with van der Waals surface area (Å²) in [6.45, 7) is 15.9. The SMILES string of the molecule is [C-]#[N+]C1(c2ccc(N(CC(C)C)CC(C)(C)O)c([N+](=O)[O-])c2)CCC1. The minimum absolute atomic E-state index is 0.0114. The van der Waals surface area contributed by atoms with Gasteiger partial charge in [-0.15, -0.1) is 0 Å². The van der Waals surface area contributed by atoms with Crippen LogP contribution in [0.2, 0.25) is 0 Å². The van der Waals surface area contributed by atoms with Gasteiger partial charge < -0.3 is 14.9 Å². The second-order valence-electron chi connectivity index (χ2n) is 8.04. The van der Waals surface area contributed by atoms with E-state index in [0.29, 0.717) is 24.7 Å². The smallest absolute Gasteiger partial charge is 0.293 e. The first-order chi connectivity index (χ1) is 11.6. The fourth-order valence-corrected chi connectivity index (χ4v) is 3.36. The van der Waals surface area contributed by atoms with E-state index in [9.17, 15) is 15.2 Å². The van der Waals surface area contributed by atoms with Gasteiger partial charge in [0, 0.05) is 37.6 Å². The molecule has 0 unspecified atom stereocenters. The van der Waals surface area contributed by atoms with Crippen molar-refractivity contribution in [2.45, 2.75) is 58.1 Å². The molecule has 1 saturated carbocycles. The predicted octanol–water partition coefficient (Wildman–Crippen LogP) is 4.13. The van der Waals surface area contributed by atoms with Gasteiger partial charge in [-0.3, -0.25) is 10.1 Å². The van der Waals surface area contributed by atoms with Gasteiger partial charge in [-0.25, -0.2) is 6.57 Å². The highest BCUT2D eigenvalue weighted by Gasteiger charge is 2.46. The van der Waals surface area contributed by atoms with E-state index in [0.717, 1.165) is 24.8 Å². The number of nitro benzene ring substituents is 1. The predicted molar refractivity (Wildman–Crippen MR) is 98.6 cm³/mol. The monoisotopic (exact) mass is 345 g/mol. The Hall–Kier alpha value is -2.13. The molecule has 0 saturated heterocycles. The average molecular weight is 345 g/mol. The highest BCUT2D eigenvalue weighted by molar-refractivity contribution is 5.65. The standard InChI is InChI=1S/C19H27N3O3/c1-14(2)12-21(13-18(3,4)23)16-8-7-15(11-17(16)22(24)25)19(20-5)9-6-10-19/h7-8,11,14,23H,6,9-10,12-13H2,1-4H3. The van der Waals surface area contributed by atoms with Crippen molar-refractivity contribution < 1.29 is 10.0 Å². The molecule has 0 bridgehead atoms. The molecule has 0 aromatic heterocycles. The molecule has 0 atom stereocenters. The van der Waals surface area contributed by atoms with Gasteiger partial charge in [0.15, 0.2) is 0 Å². The fourth-order valence-electron chi connectivity index (χ4n) is 3.36. The third-order valence-corrected chi connectivity index (χ3v) is 4.61. The van der Waals surface area contributed by atoms with Crippen LogP contribution in [0, 0.1) is 22.6 Å². The fraction of sp³-hybridized carbons (Fsp3) is 0.632. The highest BCUT2D eigenvalue weighted by Crippen LogP contribution is 2.47. The quantitative estimate of drug-likeness (QED) is 0.458. The van der Waals surface area contributed by atoms with Gasteiger partial charge in [0.2, 0.25) is 0 Å². The molecule has 0 heterocycles. The van der Waals surface area contributed by atoms with Crippen molar-refractivity contribution in [1.82, 2.24) is 0 Å². The third-order valence-electron chi connectivity index (χ3n) is 4.61. The summed E-state index contributed by atoms with van der Waals surface area (Å²) < 4.78 is 0. The van der Waals surface area contributed by atoms with Crippen LogP contribution in [0.15, 0.2) is 18.2 Å². The number of hydrogen-bond donors (Lipinski definition) is 1. The van der Waals surface area contributed by atoms with E-state index in [2.05, 4.69) is 4.85 Å². The molecule has 0 radical (unpaired) electrons. The molecule has 1 aliphatic rings. The molecule has 0 spiro atoms. The maximum Gasteiger partial charge on any atom is 0.293 e. The summed E-state index contributed by atoms with van der Waals surface area (Å²) >= 11 is 0. The van der Waals surface area contributed by atoms with Crippen LogP contribution in [0.5, 0.6) is 0 Å². The molecule has 2 rings (SSSR count). The van der Waals surface area contributed by atoms with Crippen LogP contribution in [0.3, 0.4) is 0 Å². The lowest BCUT2D eigenvalue weighted by molar-refractivity contribution is -0.384. The Morgan fingerprint density at radius 1 is 1.44 bits per heavy atom. The zero-order valence-electron chi connectivity index (χ0n) is 15.5. The molecule has 6 nitrogen and oxygen atoms in total. The Balaban J connectivity index is 2.47. The summed E-state index contributed by atoms with van der Waals surface area (Å²) in [6, 6.07) is 5.15. The normalized spacial score (nSPS) is 16.2. The van der Waals surface area contributed by atoms with E-state index >= 15 is 0 Å². The summed E-state index contributed by atoms with van der Waals surface area (Å²) in [4.78, 5) is 16.9. The molecule has 1 fully saturated rings. The van der Waals surface area contributed by atoms with Crippen molar-refractivity contribution in [1.29, 1.82) is 0 Å². The first kappa shape index (κ1) is 19.2. The molecule has 1 aromatic carbocycles. The van der Waals surface area contributed by atoms with Gasteiger partial charge in [-0.1, -0.05) is 13.8 Å². The van der Waals surface area contributed by atoms with Crippen LogP contribution < -0.4 is 4.90 Å². The number of hydrogen-bond acceptors (Lipinski definition) is 4. The Labute approximate surface area is 149 Å². The molecule has 1 aromatic rings. The highest BCUT2D eigenvalue weighted by atomic mass is 16.6. The molecule has 1 N–H and O–H groups in total. The van der Waals surface area contributed by atoms with E-state index < -0.39 is 11.1 Å². The number of anilines is 1. The van der Waals surface area contributed by atoms with Gasteiger partial charge in [0.1, 0.15) is 5.69 Å². The van der Waals surface area contributed by atoms with Gasteiger partial charge >= 0.3 is 0 Å². The summed E-state index contributed by atoms with van der Waals surface area (Å²) in [7, 11) is 0. The van der Waals surface area contributed by atoms with Crippen molar-refractivity contribution in [3.05, 3.63) is 45.3 Å². The van der Waals surface area contributed by atoms with Crippen LogP contribution in [0.25, 0.3) is 4.85 Å². The lowest BCUT2D eigenvalue weighted by atomic mass is 9.72. The van der Waals surface area contributed by atoms with E-state index in [1.807, 2.05) is 24.8 Å². The summed E-state index contributed by atoms with van der Waals surface area (Å²) in [5.74, 6) is 0.294. The Bertz CT molecular complexity index is 682. The third kappa shape index (κ3) is 4.29. The number of nitro groups is 1. The topological polar surface area (TPSA) is 71.0 Å². The lowest BCUT2D eigenvalue weighted by Gasteiger charge is -2.33. The molecule has 1 aliphatic carbocycles. The molecule has 136 valence electrons. The second-order valence-corrected chi connectivity index (χ2v) is 8.04. The van der Waals surface area contributed by atoms with Crippen LogP contribution >= 0.6 is 0 Å². The second kappa shape index (κ2) is 7.01. The molecular formula is C19H27N3O3. The van der Waals surface area contributed by atoms with Crippen LogP contribution in [0.4, 0.5) is 11.4 Å². The Morgan fingerprint density at radius 3 is 2.48 bits per heavy atom. The minimum atomic E-state index is -0.965. The van der Waals surface area contributed by atoms with Gasteiger partial charge in [-0.2, -0.15) is 0 Å². The average Bonchev–Trinajstić information content (AvgIpc) is 2.44. The molecule has 25 heavy (non-hydrogen) atoms. The molecule has 0 amide bonds. The number of aliphatic hydroxyl groups is 1. The Kier molecular flexibility index (Phi) is 5.38. The summed E-state index contributed by atoms with van der Waals surface area (Å²) in [6.07, 6.45) is 2.49. The van der Waals surface area contributed by atoms with Crippen LogP contribution in [-0.4, -0.2) is 28.7 Å². The summed E-state index contributed by atoms with van der Waals surface area (Å²) in [5, 5.41) is 21.9. The van der Waals surface area contributed by atoms with Crippen molar-refractivity contribution in [2.24, 2.45) is 5.92 Å². The first-order valence-corrected chi connectivity index (χ1v) is 8.73. The largest absolute Gasteiger partial charge is 0.389 e. The zero-order valence-corrected chi connectivity index (χ0v) is 15.5. The van der Waals surface area contributed by atoms with Crippen molar-refractivity contribution >= 4 is 11.4 Å². The Morgan fingerprint density at radius 2 is 2.08 bits per heavy atom. The van der Waals surface area contributed by atoms with Crippen LogP contribution in [-0.2, 0) is 5.54 Å². The van der Waals surface area contributed by atoms with E-state index in [1.165, 1.54) is 0 Å². The first-order valence-electron chi connectivity index (χ1n) is 8.73. The molecular weight excluding hydrogens is 318 g/mol. The van der Waals surface area contributed by atoms with Crippen molar-refractivity contribution in [3.8, 4) is 0 Å². The van der Waals surface area contributed by atoms with Crippen molar-refractivity contribution in [2.75, 3.05) is 18.0 Å². The van der Waals surface area contributed by atoms with Crippen molar-refractivity contribution in [3.63, 3.8) is 0 Å². The number of nitrogens with zero attached hydrogens (tertiary/aromatic N) is 3. The van der Waals surface area contributed by atoms with Crippen LogP contribution in [0.1, 0.15) is 52.5 Å². The summed E-state index contributed by atoms with van der Waals surface area (Å²) in [5.41, 5.74) is -0.312. The number of benzene rings is 1. The zero-order chi connectivity index (χ0) is 18.8. The molecule has 6 heteroatoms.